The number of Topliss-reactive ketones (excluding diaryl/α,β-unsaturated/α-hetero) is 1. The number of methoxy groups -OCH3 is 1. The summed E-state index contributed by atoms with van der Waals surface area (Å²) >= 11 is 0. The second-order valence-corrected chi connectivity index (χ2v) is 5.39. The third-order valence-corrected chi connectivity index (χ3v) is 3.13. The standard InChI is InChI=1S/C18H25NO2/c1-6-10-19(11-7-2)16-13-15(8-9-18(16)21-5)17(20)12-14(3)4/h6-9,13-14H,1-2,10-12H2,3-5H3. The van der Waals surface area contributed by atoms with E-state index in [9.17, 15) is 4.79 Å². The van der Waals surface area contributed by atoms with Crippen LogP contribution in [-0.4, -0.2) is 26.0 Å². The van der Waals surface area contributed by atoms with Gasteiger partial charge in [0.15, 0.2) is 5.78 Å². The number of benzene rings is 1. The molecule has 0 N–H and O–H groups in total. The van der Waals surface area contributed by atoms with Crippen molar-refractivity contribution in [2.24, 2.45) is 5.92 Å². The van der Waals surface area contributed by atoms with Crippen molar-refractivity contribution < 1.29 is 9.53 Å². The number of ketones is 1. The van der Waals surface area contributed by atoms with E-state index in [1.54, 1.807) is 7.11 Å². The number of nitrogens with zero attached hydrogens (tertiary/aromatic N) is 1. The number of anilines is 1. The molecule has 0 aliphatic carbocycles. The van der Waals surface area contributed by atoms with Crippen molar-refractivity contribution in [3.63, 3.8) is 0 Å². The van der Waals surface area contributed by atoms with E-state index < -0.39 is 0 Å². The average molecular weight is 287 g/mol. The molecule has 0 fully saturated rings. The molecule has 1 aromatic rings. The number of rotatable bonds is 9. The van der Waals surface area contributed by atoms with E-state index in [0.717, 1.165) is 17.0 Å². The maximum absolute atomic E-state index is 12.2. The van der Waals surface area contributed by atoms with Crippen LogP contribution in [0, 0.1) is 5.92 Å². The zero-order valence-electron chi connectivity index (χ0n) is 13.3. The third kappa shape index (κ3) is 4.78. The highest BCUT2D eigenvalue weighted by atomic mass is 16.5. The fraction of sp³-hybridized carbons (Fsp3) is 0.389. The molecule has 114 valence electrons. The van der Waals surface area contributed by atoms with Crippen molar-refractivity contribution in [1.29, 1.82) is 0 Å². The lowest BCUT2D eigenvalue weighted by atomic mass is 10.0. The summed E-state index contributed by atoms with van der Waals surface area (Å²) in [7, 11) is 1.63. The summed E-state index contributed by atoms with van der Waals surface area (Å²) in [6.07, 6.45) is 4.20. The molecule has 21 heavy (non-hydrogen) atoms. The van der Waals surface area contributed by atoms with Crippen molar-refractivity contribution in [1.82, 2.24) is 0 Å². The lowest BCUT2D eigenvalue weighted by Gasteiger charge is -2.24. The SMILES string of the molecule is C=CCN(CC=C)c1cc(C(=O)CC(C)C)ccc1OC. The Morgan fingerprint density at radius 1 is 1.29 bits per heavy atom. The van der Waals surface area contributed by atoms with Crippen LogP contribution in [0.1, 0.15) is 30.6 Å². The van der Waals surface area contributed by atoms with Gasteiger partial charge in [0.25, 0.3) is 0 Å². The van der Waals surface area contributed by atoms with Gasteiger partial charge in [0, 0.05) is 25.1 Å². The molecule has 1 rings (SSSR count). The fourth-order valence-corrected chi connectivity index (χ4v) is 2.18. The molecule has 0 unspecified atom stereocenters. The van der Waals surface area contributed by atoms with Crippen LogP contribution in [0.2, 0.25) is 0 Å². The summed E-state index contributed by atoms with van der Waals surface area (Å²) in [5.41, 5.74) is 1.62. The van der Waals surface area contributed by atoms with Crippen LogP contribution in [0.5, 0.6) is 5.75 Å². The van der Waals surface area contributed by atoms with Gasteiger partial charge in [0.05, 0.1) is 12.8 Å². The number of carbonyl (C=O) groups is 1. The molecule has 0 saturated heterocycles. The van der Waals surface area contributed by atoms with Gasteiger partial charge in [-0.15, -0.1) is 13.2 Å². The van der Waals surface area contributed by atoms with Crippen LogP contribution < -0.4 is 9.64 Å². The minimum atomic E-state index is 0.158. The van der Waals surface area contributed by atoms with Crippen molar-refractivity contribution in [2.75, 3.05) is 25.1 Å². The van der Waals surface area contributed by atoms with Gasteiger partial charge in [-0.2, -0.15) is 0 Å². The maximum Gasteiger partial charge on any atom is 0.163 e. The lowest BCUT2D eigenvalue weighted by Crippen LogP contribution is -2.24. The highest BCUT2D eigenvalue weighted by Crippen LogP contribution is 2.30. The van der Waals surface area contributed by atoms with E-state index in [-0.39, 0.29) is 5.78 Å². The van der Waals surface area contributed by atoms with Crippen molar-refractivity contribution >= 4 is 11.5 Å². The van der Waals surface area contributed by atoms with E-state index in [1.165, 1.54) is 0 Å². The Kier molecular flexibility index (Phi) is 6.73. The molecule has 3 nitrogen and oxygen atoms in total. The first-order valence-corrected chi connectivity index (χ1v) is 7.21. The van der Waals surface area contributed by atoms with Gasteiger partial charge in [0.2, 0.25) is 0 Å². The molecule has 0 spiro atoms. The van der Waals surface area contributed by atoms with Crippen molar-refractivity contribution in [3.8, 4) is 5.75 Å². The summed E-state index contributed by atoms with van der Waals surface area (Å²) < 4.78 is 5.41. The van der Waals surface area contributed by atoms with Gasteiger partial charge >= 0.3 is 0 Å². The first-order valence-electron chi connectivity index (χ1n) is 7.21. The molecule has 3 heteroatoms. The van der Waals surface area contributed by atoms with Gasteiger partial charge in [-0.05, 0) is 24.1 Å². The second kappa shape index (κ2) is 8.30. The Morgan fingerprint density at radius 3 is 2.38 bits per heavy atom. The Morgan fingerprint density at radius 2 is 1.90 bits per heavy atom. The molecular formula is C18H25NO2. The Hall–Kier alpha value is -2.03. The van der Waals surface area contributed by atoms with Crippen LogP contribution in [-0.2, 0) is 0 Å². The molecule has 1 aromatic carbocycles. The van der Waals surface area contributed by atoms with E-state index in [4.69, 9.17) is 4.74 Å². The summed E-state index contributed by atoms with van der Waals surface area (Å²) in [5.74, 6) is 1.26. The monoisotopic (exact) mass is 287 g/mol. The maximum atomic E-state index is 12.2. The van der Waals surface area contributed by atoms with Crippen LogP contribution in [0.4, 0.5) is 5.69 Å². The molecule has 0 atom stereocenters. The molecule has 0 saturated carbocycles. The van der Waals surface area contributed by atoms with E-state index in [1.807, 2.05) is 44.2 Å². The largest absolute Gasteiger partial charge is 0.495 e. The van der Waals surface area contributed by atoms with Crippen molar-refractivity contribution in [3.05, 3.63) is 49.1 Å². The summed E-state index contributed by atoms with van der Waals surface area (Å²) in [6.45, 7) is 13.0. The minimum absolute atomic E-state index is 0.158. The molecule has 0 radical (unpaired) electrons. The zero-order valence-corrected chi connectivity index (χ0v) is 13.3. The van der Waals surface area contributed by atoms with Gasteiger partial charge in [-0.25, -0.2) is 0 Å². The Labute approximate surface area is 127 Å². The van der Waals surface area contributed by atoms with Crippen LogP contribution in [0.25, 0.3) is 0 Å². The third-order valence-electron chi connectivity index (χ3n) is 3.13. The fourth-order valence-electron chi connectivity index (χ4n) is 2.18. The van der Waals surface area contributed by atoms with Crippen LogP contribution in [0.15, 0.2) is 43.5 Å². The van der Waals surface area contributed by atoms with E-state index >= 15 is 0 Å². The van der Waals surface area contributed by atoms with Gasteiger partial charge in [-0.1, -0.05) is 26.0 Å². The lowest BCUT2D eigenvalue weighted by molar-refractivity contribution is 0.0968. The van der Waals surface area contributed by atoms with Crippen LogP contribution in [0.3, 0.4) is 0 Å². The normalized spacial score (nSPS) is 10.3. The molecule has 0 bridgehead atoms. The molecule has 0 aromatic heterocycles. The minimum Gasteiger partial charge on any atom is -0.495 e. The van der Waals surface area contributed by atoms with E-state index in [2.05, 4.69) is 18.1 Å². The first-order chi connectivity index (χ1) is 10.0. The number of carbonyl (C=O) groups excluding carboxylic acids is 1. The summed E-state index contributed by atoms with van der Waals surface area (Å²) in [5, 5.41) is 0. The Balaban J connectivity index is 3.17. The van der Waals surface area contributed by atoms with E-state index in [0.29, 0.717) is 25.4 Å². The second-order valence-electron chi connectivity index (χ2n) is 5.39. The average Bonchev–Trinajstić information content (AvgIpc) is 2.45. The quantitative estimate of drug-likeness (QED) is 0.506. The molecule has 0 aliphatic rings. The molecular weight excluding hydrogens is 262 g/mol. The van der Waals surface area contributed by atoms with Crippen molar-refractivity contribution in [2.45, 2.75) is 20.3 Å². The number of hydrogen-bond acceptors (Lipinski definition) is 3. The van der Waals surface area contributed by atoms with Gasteiger partial charge in [0.1, 0.15) is 5.75 Å². The number of ether oxygens (including phenoxy) is 1. The zero-order chi connectivity index (χ0) is 15.8. The van der Waals surface area contributed by atoms with Gasteiger partial charge in [-0.3, -0.25) is 4.79 Å². The smallest absolute Gasteiger partial charge is 0.163 e. The van der Waals surface area contributed by atoms with Gasteiger partial charge < -0.3 is 9.64 Å². The predicted octanol–water partition coefficient (Wildman–Crippen LogP) is 4.10. The number of hydrogen-bond donors (Lipinski definition) is 0. The molecule has 0 aliphatic heterocycles. The van der Waals surface area contributed by atoms with Crippen LogP contribution >= 0.6 is 0 Å². The molecule has 0 amide bonds. The molecule has 0 heterocycles. The highest BCUT2D eigenvalue weighted by Gasteiger charge is 2.15. The summed E-state index contributed by atoms with van der Waals surface area (Å²) in [6, 6.07) is 5.58. The Bertz CT molecular complexity index is 496. The first kappa shape index (κ1) is 17.0. The summed E-state index contributed by atoms with van der Waals surface area (Å²) in [4.78, 5) is 14.3. The predicted molar refractivity (Wildman–Crippen MR) is 89.4 cm³/mol. The topological polar surface area (TPSA) is 29.5 Å². The highest BCUT2D eigenvalue weighted by molar-refractivity contribution is 5.97.